The predicted octanol–water partition coefficient (Wildman–Crippen LogP) is 2.92. The van der Waals surface area contributed by atoms with Gasteiger partial charge in [-0.3, -0.25) is 10.2 Å². The van der Waals surface area contributed by atoms with Crippen molar-refractivity contribution in [2.45, 2.75) is 83.5 Å². The highest BCUT2D eigenvalue weighted by Gasteiger charge is 2.52. The van der Waals surface area contributed by atoms with E-state index in [4.69, 9.17) is 0 Å². The Morgan fingerprint density at radius 2 is 1.44 bits per heavy atom. The molecule has 0 spiro atoms. The Labute approximate surface area is 113 Å². The lowest BCUT2D eigenvalue weighted by molar-refractivity contribution is -0.0407. The maximum Gasteiger partial charge on any atom is 0.110 e. The van der Waals surface area contributed by atoms with Gasteiger partial charge in [0.1, 0.15) is 5.54 Å². The summed E-state index contributed by atoms with van der Waals surface area (Å²) in [5.74, 6) is 0. The smallest absolute Gasteiger partial charge is 0.110 e. The van der Waals surface area contributed by atoms with Gasteiger partial charge in [-0.25, -0.2) is 0 Å². The van der Waals surface area contributed by atoms with Crippen LogP contribution in [0.1, 0.15) is 61.3 Å². The fourth-order valence-corrected chi connectivity index (χ4v) is 3.51. The minimum Gasteiger partial charge on any atom is -0.296 e. The molecule has 0 saturated carbocycles. The van der Waals surface area contributed by atoms with Gasteiger partial charge in [0.25, 0.3) is 0 Å². The van der Waals surface area contributed by atoms with Crippen LogP contribution >= 0.6 is 0 Å². The summed E-state index contributed by atoms with van der Waals surface area (Å²) in [5, 5.41) is 13.3. The minimum absolute atomic E-state index is 0.0235. The Morgan fingerprint density at radius 3 is 1.72 bits per heavy atom. The lowest BCUT2D eigenvalue weighted by Crippen LogP contribution is -2.69. The summed E-state index contributed by atoms with van der Waals surface area (Å²) < 4.78 is 0. The second-order valence-corrected chi connectivity index (χ2v) is 8.11. The summed E-state index contributed by atoms with van der Waals surface area (Å²) in [6.07, 6.45) is 1.71. The molecule has 0 aromatic carbocycles. The number of likely N-dealkylation sites (tertiary alicyclic amines) is 1. The first-order valence-electron chi connectivity index (χ1n) is 6.78. The van der Waals surface area contributed by atoms with Crippen LogP contribution in [-0.4, -0.2) is 34.1 Å². The van der Waals surface area contributed by atoms with Gasteiger partial charge in [0.05, 0.1) is 6.07 Å². The normalized spacial score (nSPS) is 26.6. The Kier molecular flexibility index (Phi) is 3.62. The molecule has 0 aromatic heterocycles. The van der Waals surface area contributed by atoms with E-state index in [0.29, 0.717) is 0 Å². The van der Waals surface area contributed by atoms with Crippen molar-refractivity contribution in [3.8, 4) is 6.07 Å². The molecular formula is C15H29N3. The van der Waals surface area contributed by atoms with Crippen molar-refractivity contribution in [1.29, 1.82) is 5.26 Å². The number of nitriles is 1. The molecule has 1 aliphatic heterocycles. The SMILES string of the molecule is CN1C(C)(C)CC(C#N)(NC(C)(C)C)CC1(C)C. The highest BCUT2D eigenvalue weighted by Crippen LogP contribution is 2.42. The molecule has 104 valence electrons. The van der Waals surface area contributed by atoms with E-state index in [2.05, 4.69) is 71.8 Å². The summed E-state index contributed by atoms with van der Waals surface area (Å²) in [4.78, 5) is 2.40. The molecule has 0 aromatic rings. The number of hydrogen-bond donors (Lipinski definition) is 1. The molecule has 1 rings (SSSR count). The standard InChI is InChI=1S/C15H29N3/c1-12(2,3)17-15(11-16)9-13(4,5)18(8)14(6,7)10-15/h17H,9-10H2,1-8H3. The summed E-state index contributed by atoms with van der Waals surface area (Å²) in [5.41, 5.74) is -0.430. The van der Waals surface area contributed by atoms with Gasteiger partial charge in [-0.2, -0.15) is 5.26 Å². The first-order chi connectivity index (χ1) is 7.84. The van der Waals surface area contributed by atoms with Gasteiger partial charge >= 0.3 is 0 Å². The van der Waals surface area contributed by atoms with Crippen molar-refractivity contribution in [3.63, 3.8) is 0 Å². The number of nitrogens with zero attached hydrogens (tertiary/aromatic N) is 2. The molecule has 0 aliphatic carbocycles. The van der Waals surface area contributed by atoms with Gasteiger partial charge in [-0.1, -0.05) is 0 Å². The molecule has 1 fully saturated rings. The van der Waals surface area contributed by atoms with E-state index >= 15 is 0 Å². The average molecular weight is 251 g/mol. The van der Waals surface area contributed by atoms with Crippen LogP contribution in [-0.2, 0) is 0 Å². The summed E-state index contributed by atoms with van der Waals surface area (Å²) in [6.45, 7) is 15.3. The topological polar surface area (TPSA) is 39.1 Å². The number of hydrogen-bond acceptors (Lipinski definition) is 3. The van der Waals surface area contributed by atoms with Crippen molar-refractivity contribution in [2.24, 2.45) is 0 Å². The van der Waals surface area contributed by atoms with Gasteiger partial charge in [0.15, 0.2) is 0 Å². The molecule has 3 nitrogen and oxygen atoms in total. The molecule has 1 N–H and O–H groups in total. The summed E-state index contributed by atoms with van der Waals surface area (Å²) in [6, 6.07) is 2.57. The fraction of sp³-hybridized carbons (Fsp3) is 0.933. The highest BCUT2D eigenvalue weighted by molar-refractivity contribution is 5.19. The molecule has 3 heteroatoms. The van der Waals surface area contributed by atoms with Crippen molar-refractivity contribution < 1.29 is 0 Å². The van der Waals surface area contributed by atoms with E-state index in [1.54, 1.807) is 0 Å². The Hall–Kier alpha value is -0.590. The predicted molar refractivity (Wildman–Crippen MR) is 76.4 cm³/mol. The lowest BCUT2D eigenvalue weighted by Gasteiger charge is -2.57. The third-order valence-electron chi connectivity index (χ3n) is 4.11. The zero-order chi connectivity index (χ0) is 14.4. The Bertz CT molecular complexity index is 337. The van der Waals surface area contributed by atoms with Crippen LogP contribution in [0.4, 0.5) is 0 Å². The Balaban J connectivity index is 3.13. The Morgan fingerprint density at radius 1 is 1.06 bits per heavy atom. The van der Waals surface area contributed by atoms with Crippen LogP contribution in [0.5, 0.6) is 0 Å². The minimum atomic E-state index is -0.433. The van der Waals surface area contributed by atoms with Crippen molar-refractivity contribution in [1.82, 2.24) is 10.2 Å². The number of rotatable bonds is 1. The maximum absolute atomic E-state index is 9.72. The molecule has 0 bridgehead atoms. The second-order valence-electron chi connectivity index (χ2n) is 8.11. The van der Waals surface area contributed by atoms with E-state index in [-0.39, 0.29) is 16.6 Å². The largest absolute Gasteiger partial charge is 0.296 e. The second kappa shape index (κ2) is 4.21. The average Bonchev–Trinajstić information content (AvgIpc) is 2.10. The van der Waals surface area contributed by atoms with Crippen LogP contribution in [0.15, 0.2) is 0 Å². The molecule has 1 saturated heterocycles. The van der Waals surface area contributed by atoms with Crippen LogP contribution in [0, 0.1) is 11.3 Å². The number of piperidine rings is 1. The molecule has 0 atom stereocenters. The molecule has 0 amide bonds. The van der Waals surface area contributed by atoms with E-state index < -0.39 is 5.54 Å². The molecular weight excluding hydrogens is 222 g/mol. The first-order valence-corrected chi connectivity index (χ1v) is 6.78. The molecule has 0 unspecified atom stereocenters. The van der Waals surface area contributed by atoms with Crippen molar-refractivity contribution in [3.05, 3.63) is 0 Å². The maximum atomic E-state index is 9.72. The van der Waals surface area contributed by atoms with E-state index in [0.717, 1.165) is 12.8 Å². The van der Waals surface area contributed by atoms with E-state index in [9.17, 15) is 5.26 Å². The molecule has 1 aliphatic rings. The fourth-order valence-electron chi connectivity index (χ4n) is 3.51. The zero-order valence-electron chi connectivity index (χ0n) is 13.3. The first kappa shape index (κ1) is 15.5. The quantitative estimate of drug-likeness (QED) is 0.779. The van der Waals surface area contributed by atoms with Gasteiger partial charge in [-0.15, -0.1) is 0 Å². The number of nitrogens with one attached hydrogen (secondary N) is 1. The van der Waals surface area contributed by atoms with Crippen LogP contribution in [0.3, 0.4) is 0 Å². The van der Waals surface area contributed by atoms with E-state index in [1.807, 2.05) is 0 Å². The van der Waals surface area contributed by atoms with Gasteiger partial charge in [-0.05, 0) is 68.4 Å². The van der Waals surface area contributed by atoms with Crippen LogP contribution in [0.25, 0.3) is 0 Å². The van der Waals surface area contributed by atoms with Gasteiger partial charge in [0.2, 0.25) is 0 Å². The van der Waals surface area contributed by atoms with Crippen molar-refractivity contribution >= 4 is 0 Å². The summed E-state index contributed by atoms with van der Waals surface area (Å²) >= 11 is 0. The lowest BCUT2D eigenvalue weighted by atomic mass is 9.69. The van der Waals surface area contributed by atoms with Gasteiger partial charge < -0.3 is 0 Å². The molecule has 0 radical (unpaired) electrons. The van der Waals surface area contributed by atoms with E-state index in [1.165, 1.54) is 0 Å². The monoisotopic (exact) mass is 251 g/mol. The van der Waals surface area contributed by atoms with Gasteiger partial charge in [0, 0.05) is 16.6 Å². The molecule has 18 heavy (non-hydrogen) atoms. The third-order valence-corrected chi connectivity index (χ3v) is 4.11. The van der Waals surface area contributed by atoms with Crippen LogP contribution < -0.4 is 5.32 Å². The zero-order valence-corrected chi connectivity index (χ0v) is 13.3. The van der Waals surface area contributed by atoms with Crippen molar-refractivity contribution in [2.75, 3.05) is 7.05 Å². The highest BCUT2D eigenvalue weighted by atomic mass is 15.3. The molecule has 1 heterocycles. The summed E-state index contributed by atoms with van der Waals surface area (Å²) in [7, 11) is 2.17. The third kappa shape index (κ3) is 3.05. The van der Waals surface area contributed by atoms with Crippen LogP contribution in [0.2, 0.25) is 0 Å².